The Labute approximate surface area is 353 Å². The van der Waals surface area contributed by atoms with Crippen molar-refractivity contribution in [2.45, 2.75) is 52.9 Å². The van der Waals surface area contributed by atoms with Crippen LogP contribution in [0.5, 0.6) is 0 Å². The molecular weight excluding hydrogens is 763 g/mol. The van der Waals surface area contributed by atoms with Gasteiger partial charge in [-0.15, -0.1) is 0 Å². The van der Waals surface area contributed by atoms with Crippen molar-refractivity contribution >= 4 is 47.9 Å². The van der Waals surface area contributed by atoms with Crippen LogP contribution < -0.4 is 0 Å². The van der Waals surface area contributed by atoms with Crippen LogP contribution in [0.1, 0.15) is 82.7 Å². The van der Waals surface area contributed by atoms with E-state index < -0.39 is 11.9 Å². The molecule has 1 aliphatic carbocycles. The first-order valence-corrected chi connectivity index (χ1v) is 20.3. The molecule has 2 aliphatic heterocycles. The molecule has 6 aromatic rings. The van der Waals surface area contributed by atoms with Crippen LogP contribution in [0.25, 0.3) is 35.2 Å². The summed E-state index contributed by atoms with van der Waals surface area (Å²) in [5.74, 6) is -0.280. The van der Waals surface area contributed by atoms with E-state index in [9.17, 15) is 14.4 Å². The quantitative estimate of drug-likeness (QED) is 0.106. The van der Waals surface area contributed by atoms with Gasteiger partial charge in [0.1, 0.15) is 5.69 Å². The molecule has 0 saturated carbocycles. The smallest absolute Gasteiger partial charge is 0.363 e. The zero-order valence-corrected chi connectivity index (χ0v) is 34.5. The average molecular weight is 806 g/mol. The summed E-state index contributed by atoms with van der Waals surface area (Å²) in [5.41, 5.74) is 10.8. The molecule has 0 bridgehead atoms. The number of ether oxygens (including phenoxy) is 2. The minimum absolute atomic E-state index is 0.0740. The molecule has 4 heterocycles. The van der Waals surface area contributed by atoms with Crippen LogP contribution in [-0.2, 0) is 37.3 Å². The van der Waals surface area contributed by atoms with Gasteiger partial charge in [0.05, 0.1) is 5.69 Å². The molecular formula is C51H43N5O5. The molecule has 1 unspecified atom stereocenters. The van der Waals surface area contributed by atoms with E-state index in [0.717, 1.165) is 68.7 Å². The van der Waals surface area contributed by atoms with Gasteiger partial charge in [0.2, 0.25) is 17.7 Å². The predicted octanol–water partition coefficient (Wildman–Crippen LogP) is 9.72. The number of fused-ring (bicyclic) bond motifs is 1. The molecule has 0 radical (unpaired) electrons. The summed E-state index contributed by atoms with van der Waals surface area (Å²) in [5, 5.41) is 4.97. The molecule has 0 N–H and O–H groups in total. The molecule has 302 valence electrons. The number of para-hydroxylation sites is 1. The van der Waals surface area contributed by atoms with Crippen molar-refractivity contribution in [3.8, 4) is 16.9 Å². The number of aryl methyl sites for hydroxylation is 1. The highest BCUT2D eigenvalue weighted by Crippen LogP contribution is 2.33. The third-order valence-electron chi connectivity index (χ3n) is 11.3. The highest BCUT2D eigenvalue weighted by Gasteiger charge is 2.29. The van der Waals surface area contributed by atoms with Crippen LogP contribution in [0, 0.1) is 12.8 Å². The molecule has 0 saturated heterocycles. The fourth-order valence-corrected chi connectivity index (χ4v) is 7.96. The molecule has 3 aliphatic rings. The number of carbonyl (C=O) groups is 3. The van der Waals surface area contributed by atoms with E-state index in [1.165, 1.54) is 6.92 Å². The highest BCUT2D eigenvalue weighted by molar-refractivity contribution is 6.14. The van der Waals surface area contributed by atoms with Gasteiger partial charge in [0.25, 0.3) is 0 Å². The summed E-state index contributed by atoms with van der Waals surface area (Å²) < 4.78 is 14.7. The van der Waals surface area contributed by atoms with Gasteiger partial charge in [-0.1, -0.05) is 105 Å². The molecule has 10 heteroatoms. The first-order valence-electron chi connectivity index (χ1n) is 20.3. The van der Waals surface area contributed by atoms with Crippen LogP contribution in [0.4, 0.5) is 0 Å². The third kappa shape index (κ3) is 7.88. The van der Waals surface area contributed by atoms with Crippen LogP contribution in [-0.4, -0.2) is 44.0 Å². The van der Waals surface area contributed by atoms with Gasteiger partial charge in [-0.2, -0.15) is 5.10 Å². The number of hydrogen-bond acceptors (Lipinski definition) is 8. The number of rotatable bonds is 9. The van der Waals surface area contributed by atoms with Crippen molar-refractivity contribution < 1.29 is 23.9 Å². The molecule has 0 spiro atoms. The molecule has 0 fully saturated rings. The maximum Gasteiger partial charge on any atom is 0.363 e. The van der Waals surface area contributed by atoms with Crippen LogP contribution in [0.2, 0.25) is 0 Å². The van der Waals surface area contributed by atoms with Crippen molar-refractivity contribution in [2.75, 3.05) is 0 Å². The van der Waals surface area contributed by atoms with Crippen molar-refractivity contribution in [3.63, 3.8) is 0 Å². The molecule has 10 nitrogen and oxygen atoms in total. The lowest BCUT2D eigenvalue weighted by Gasteiger charge is -2.26. The van der Waals surface area contributed by atoms with E-state index in [1.54, 1.807) is 27.6 Å². The SMILES string of the molecule is CC(=O)n1cc(/C=C2\N=C(c3ccc(C(C)(C)Cc4ccc(-c5nn(-c6ccccc6)cc5/C=C5\N=C(c6ccc(C)cc6)OC5=O)cc4)cc3)OC2=O)c2c1CC(C)C=C2. The van der Waals surface area contributed by atoms with Crippen LogP contribution >= 0.6 is 0 Å². The van der Waals surface area contributed by atoms with E-state index in [0.29, 0.717) is 17.2 Å². The number of nitrogens with zero attached hydrogens (tertiary/aromatic N) is 5. The largest absolute Gasteiger partial charge is 0.402 e. The Morgan fingerprint density at radius 3 is 1.98 bits per heavy atom. The number of esters is 2. The standard InChI is InChI=1S/C51H43N5O5/c1-31-11-16-36(17-12-31)47-53-44(50(59)60-47)27-39-30-56(41-9-7-6-8-10-41)54-46(39)35-18-14-34(15-19-35)28-51(4,5)40-22-20-37(21-23-40)48-52-43(49(58)61-48)26-38-29-55(33(3)57)45-25-32(2)13-24-42(38)45/h6-24,26-27,29-30,32H,25,28H2,1-5H3/b43-26-,44-27-. The lowest BCUT2D eigenvalue weighted by molar-refractivity contribution is -0.130. The Bertz CT molecular complexity index is 2890. The average Bonchev–Trinajstić information content (AvgIpc) is 4.03. The fourth-order valence-electron chi connectivity index (χ4n) is 7.96. The zero-order valence-electron chi connectivity index (χ0n) is 34.5. The normalized spacial score (nSPS) is 17.4. The molecule has 1 atom stereocenters. The lowest BCUT2D eigenvalue weighted by atomic mass is 9.79. The summed E-state index contributed by atoms with van der Waals surface area (Å²) in [6.45, 7) is 10.0. The Hall–Kier alpha value is -7.46. The van der Waals surface area contributed by atoms with Crippen molar-refractivity contribution in [2.24, 2.45) is 15.9 Å². The summed E-state index contributed by atoms with van der Waals surface area (Å²) >= 11 is 0. The second kappa shape index (κ2) is 15.6. The molecule has 4 aromatic carbocycles. The number of aromatic nitrogens is 3. The van der Waals surface area contributed by atoms with Gasteiger partial charge in [0, 0.05) is 58.4 Å². The van der Waals surface area contributed by atoms with Gasteiger partial charge in [-0.3, -0.25) is 9.36 Å². The molecule has 9 rings (SSSR count). The second-order valence-corrected chi connectivity index (χ2v) is 16.5. The Morgan fingerprint density at radius 1 is 0.770 bits per heavy atom. The lowest BCUT2D eigenvalue weighted by Crippen LogP contribution is -2.20. The van der Waals surface area contributed by atoms with E-state index >= 15 is 0 Å². The third-order valence-corrected chi connectivity index (χ3v) is 11.3. The Kier molecular flexibility index (Phi) is 9.99. The molecule has 2 aromatic heterocycles. The van der Waals surface area contributed by atoms with E-state index in [2.05, 4.69) is 61.1 Å². The number of allylic oxidation sites excluding steroid dienone is 1. The van der Waals surface area contributed by atoms with E-state index in [-0.39, 0.29) is 34.5 Å². The van der Waals surface area contributed by atoms with Crippen LogP contribution in [0.15, 0.2) is 143 Å². The van der Waals surface area contributed by atoms with Gasteiger partial charge in [0.15, 0.2) is 11.4 Å². The number of benzene rings is 4. The summed E-state index contributed by atoms with van der Waals surface area (Å²) in [7, 11) is 0. The fraction of sp³-hybridized carbons (Fsp3) is 0.176. The maximum absolute atomic E-state index is 13.0. The summed E-state index contributed by atoms with van der Waals surface area (Å²) in [6.07, 6.45) is 12.7. The number of carbonyl (C=O) groups excluding carboxylic acids is 3. The van der Waals surface area contributed by atoms with Gasteiger partial charge in [-0.25, -0.2) is 24.3 Å². The van der Waals surface area contributed by atoms with Gasteiger partial charge in [-0.05, 0) is 90.8 Å². The topological polar surface area (TPSA) is 117 Å². The number of hydrogen-bond donors (Lipinski definition) is 0. The zero-order chi connectivity index (χ0) is 42.4. The van der Waals surface area contributed by atoms with E-state index in [4.69, 9.17) is 14.6 Å². The van der Waals surface area contributed by atoms with Crippen molar-refractivity contribution in [1.82, 2.24) is 14.3 Å². The summed E-state index contributed by atoms with van der Waals surface area (Å²) in [4.78, 5) is 47.5. The minimum Gasteiger partial charge on any atom is -0.402 e. The molecule has 0 amide bonds. The monoisotopic (exact) mass is 805 g/mol. The first kappa shape index (κ1) is 39.0. The number of aliphatic imine (C=N–C) groups is 2. The van der Waals surface area contributed by atoms with Crippen LogP contribution in [0.3, 0.4) is 0 Å². The summed E-state index contributed by atoms with van der Waals surface area (Å²) in [6, 6.07) is 33.8. The van der Waals surface area contributed by atoms with Gasteiger partial charge >= 0.3 is 11.9 Å². The number of cyclic esters (lactones) is 2. The Morgan fingerprint density at radius 2 is 1.36 bits per heavy atom. The molecule has 61 heavy (non-hydrogen) atoms. The predicted molar refractivity (Wildman–Crippen MR) is 237 cm³/mol. The maximum atomic E-state index is 13.0. The van der Waals surface area contributed by atoms with Crippen molar-refractivity contribution in [1.29, 1.82) is 0 Å². The Balaban J connectivity index is 0.937. The van der Waals surface area contributed by atoms with Crippen molar-refractivity contribution in [3.05, 3.63) is 183 Å². The highest BCUT2D eigenvalue weighted by atomic mass is 16.6. The first-order chi connectivity index (χ1) is 29.4. The van der Waals surface area contributed by atoms with Gasteiger partial charge < -0.3 is 9.47 Å². The van der Waals surface area contributed by atoms with E-state index in [1.807, 2.05) is 98.1 Å². The second-order valence-electron chi connectivity index (χ2n) is 16.5. The minimum atomic E-state index is -0.530.